The van der Waals surface area contributed by atoms with E-state index >= 15 is 0 Å². The second-order valence-corrected chi connectivity index (χ2v) is 14.8. The zero-order chi connectivity index (χ0) is 35.8. The molecule has 0 saturated carbocycles. The van der Waals surface area contributed by atoms with Crippen LogP contribution < -0.4 is 29.6 Å². The van der Waals surface area contributed by atoms with Crippen molar-refractivity contribution in [1.82, 2.24) is 10.6 Å². The molecule has 6 nitrogen and oxygen atoms in total. The van der Waals surface area contributed by atoms with Gasteiger partial charge in [-0.1, -0.05) is 74.3 Å². The van der Waals surface area contributed by atoms with Crippen LogP contribution in [0.4, 0.5) is 11.4 Å². The van der Waals surface area contributed by atoms with Gasteiger partial charge in [0.25, 0.3) is 0 Å². The second-order valence-electron chi connectivity index (χ2n) is 14.8. The van der Waals surface area contributed by atoms with Crippen molar-refractivity contribution >= 4 is 35.7 Å². The van der Waals surface area contributed by atoms with Crippen LogP contribution in [0.3, 0.4) is 0 Å². The highest BCUT2D eigenvalue weighted by Gasteiger charge is 2.11. The largest absolute Gasteiger partial charge is 0.369 e. The maximum atomic E-state index is 3.43. The van der Waals surface area contributed by atoms with Crippen molar-refractivity contribution < 1.29 is 9.13 Å². The summed E-state index contributed by atoms with van der Waals surface area (Å²) in [5.74, 6) is 0. The molecule has 2 N–H and O–H groups in total. The number of unbranched alkanes of at least 4 members (excludes halogenated alkanes) is 7. The minimum absolute atomic E-state index is 1.07. The highest BCUT2D eigenvalue weighted by Crippen LogP contribution is 2.20. The minimum atomic E-state index is 1.07. The number of rotatable bonds is 17. The first-order valence-corrected chi connectivity index (χ1v) is 20.1. The van der Waals surface area contributed by atoms with Gasteiger partial charge in [-0.3, -0.25) is 0 Å². The Bertz CT molecular complexity index is 1580. The van der Waals surface area contributed by atoms with Crippen molar-refractivity contribution in [2.24, 2.45) is 0 Å². The van der Waals surface area contributed by atoms with Crippen molar-refractivity contribution in [3.63, 3.8) is 0 Å². The van der Waals surface area contributed by atoms with Gasteiger partial charge in [0.1, 0.15) is 13.1 Å². The van der Waals surface area contributed by atoms with Crippen LogP contribution in [0, 0.1) is 13.8 Å². The molecule has 6 heteroatoms. The lowest BCUT2D eigenvalue weighted by molar-refractivity contribution is -0.697. The van der Waals surface area contributed by atoms with Crippen LogP contribution in [0.1, 0.15) is 84.7 Å². The predicted octanol–water partition coefficient (Wildman–Crippen LogP) is 7.86. The second kappa shape index (κ2) is 20.1. The number of pyridine rings is 2. The number of anilines is 2. The molecular formula is C46H62N6+2. The maximum absolute atomic E-state index is 3.43. The van der Waals surface area contributed by atoms with E-state index in [-0.39, 0.29) is 0 Å². The standard InChI is InChI=1S/C46H62N6/c1-39-37-49(31-23-43(39)17-11-41-13-19-45(20-14-41)51-33-25-47-26-34-51)29-9-7-5-3-4-6-8-10-30-50-32-24-44(40(2)38-50)18-12-42-15-21-46(22-16-42)52-35-27-48-28-36-52/h11-24,31-32,37-38,47-48H,3-10,25-30,33-36H2,1-2H3/q+2. The average molecular weight is 699 g/mol. The summed E-state index contributed by atoms with van der Waals surface area (Å²) in [4.78, 5) is 4.92. The van der Waals surface area contributed by atoms with Crippen molar-refractivity contribution in [2.75, 3.05) is 62.2 Å². The molecule has 6 rings (SSSR count). The number of nitrogens with zero attached hydrogens (tertiary/aromatic N) is 4. The van der Waals surface area contributed by atoms with Crippen LogP contribution >= 0.6 is 0 Å². The van der Waals surface area contributed by atoms with Crippen molar-refractivity contribution in [3.05, 3.63) is 119 Å². The Kier molecular flexibility index (Phi) is 14.5. The Hall–Kier alpha value is -4.26. The van der Waals surface area contributed by atoms with Crippen LogP contribution in [0.5, 0.6) is 0 Å². The van der Waals surface area contributed by atoms with E-state index in [1.165, 1.54) is 96.1 Å². The molecule has 2 aromatic heterocycles. The number of nitrogens with one attached hydrogen (secondary N) is 2. The fourth-order valence-electron chi connectivity index (χ4n) is 7.46. The number of hydrogen-bond acceptors (Lipinski definition) is 4. The monoisotopic (exact) mass is 699 g/mol. The summed E-state index contributed by atoms with van der Waals surface area (Å²) in [6.07, 6.45) is 28.6. The molecule has 2 aliphatic rings. The lowest BCUT2D eigenvalue weighted by Crippen LogP contribution is -2.43. The fraction of sp³-hybridized carbons (Fsp3) is 0.435. The number of aryl methyl sites for hydroxylation is 4. The summed E-state index contributed by atoms with van der Waals surface area (Å²) in [7, 11) is 0. The average Bonchev–Trinajstić information content (AvgIpc) is 3.19. The molecule has 274 valence electrons. The molecule has 0 aliphatic carbocycles. The van der Waals surface area contributed by atoms with Gasteiger partial charge in [-0.05, 0) is 73.2 Å². The maximum Gasteiger partial charge on any atom is 0.172 e. The topological polar surface area (TPSA) is 38.3 Å². The van der Waals surface area contributed by atoms with Crippen molar-refractivity contribution in [2.45, 2.75) is 78.3 Å². The Morgan fingerprint density at radius 3 is 1.21 bits per heavy atom. The van der Waals surface area contributed by atoms with E-state index in [1.54, 1.807) is 0 Å². The number of piperazine rings is 2. The van der Waals surface area contributed by atoms with Gasteiger partial charge in [0.2, 0.25) is 0 Å². The molecule has 0 spiro atoms. The highest BCUT2D eigenvalue weighted by atomic mass is 15.2. The van der Waals surface area contributed by atoms with Crippen molar-refractivity contribution in [1.29, 1.82) is 0 Å². The molecule has 4 aromatic rings. The fourth-order valence-corrected chi connectivity index (χ4v) is 7.46. The summed E-state index contributed by atoms with van der Waals surface area (Å²) in [5.41, 5.74) is 10.4. The van der Waals surface area contributed by atoms with E-state index in [2.05, 4.69) is 153 Å². The van der Waals surface area contributed by atoms with Gasteiger partial charge in [-0.25, -0.2) is 9.13 Å². The molecule has 2 fully saturated rings. The van der Waals surface area contributed by atoms with E-state index < -0.39 is 0 Å². The van der Waals surface area contributed by atoms with Crippen molar-refractivity contribution in [3.8, 4) is 0 Å². The molecule has 2 aromatic carbocycles. The molecule has 2 saturated heterocycles. The van der Waals surface area contributed by atoms with Crippen LogP contribution in [-0.2, 0) is 13.1 Å². The summed E-state index contributed by atoms with van der Waals surface area (Å²) in [5, 5.41) is 6.86. The number of aromatic nitrogens is 2. The Labute approximate surface area is 313 Å². The normalized spacial score (nSPS) is 15.3. The predicted molar refractivity (Wildman–Crippen MR) is 221 cm³/mol. The Balaban J connectivity index is 0.812. The number of benzene rings is 2. The summed E-state index contributed by atoms with van der Waals surface area (Å²) in [6.45, 7) is 15.3. The van der Waals surface area contributed by atoms with Gasteiger partial charge >= 0.3 is 0 Å². The van der Waals surface area contributed by atoms with E-state index in [4.69, 9.17) is 0 Å². The molecule has 2 aliphatic heterocycles. The lowest BCUT2D eigenvalue weighted by Gasteiger charge is -2.29. The summed E-state index contributed by atoms with van der Waals surface area (Å²) >= 11 is 0. The first-order chi connectivity index (χ1) is 25.6. The van der Waals surface area contributed by atoms with E-state index in [9.17, 15) is 0 Å². The molecule has 52 heavy (non-hydrogen) atoms. The minimum Gasteiger partial charge on any atom is -0.369 e. The lowest BCUT2D eigenvalue weighted by atomic mass is 10.1. The molecule has 0 atom stereocenters. The van der Waals surface area contributed by atoms with Gasteiger partial charge in [0.15, 0.2) is 24.8 Å². The van der Waals surface area contributed by atoms with Gasteiger partial charge in [0.05, 0.1) is 0 Å². The molecule has 0 unspecified atom stereocenters. The molecular weight excluding hydrogens is 637 g/mol. The first-order valence-electron chi connectivity index (χ1n) is 20.1. The Morgan fingerprint density at radius 1 is 0.481 bits per heavy atom. The third-order valence-electron chi connectivity index (χ3n) is 10.8. The number of hydrogen-bond donors (Lipinski definition) is 2. The molecule has 0 bridgehead atoms. The zero-order valence-corrected chi connectivity index (χ0v) is 31.9. The first kappa shape index (κ1) is 37.5. The third-order valence-corrected chi connectivity index (χ3v) is 10.8. The summed E-state index contributed by atoms with van der Waals surface area (Å²) in [6, 6.07) is 22.5. The van der Waals surface area contributed by atoms with Crippen LogP contribution in [0.25, 0.3) is 24.3 Å². The summed E-state index contributed by atoms with van der Waals surface area (Å²) < 4.78 is 4.73. The third kappa shape index (κ3) is 11.6. The van der Waals surface area contributed by atoms with Crippen LogP contribution in [-0.4, -0.2) is 52.4 Å². The Morgan fingerprint density at radius 2 is 0.846 bits per heavy atom. The van der Waals surface area contributed by atoms with Gasteiger partial charge in [-0.2, -0.15) is 0 Å². The quantitative estimate of drug-likeness (QED) is 0.0871. The highest BCUT2D eigenvalue weighted by molar-refractivity contribution is 5.72. The van der Waals surface area contributed by atoms with Crippen LogP contribution in [0.15, 0.2) is 85.5 Å². The van der Waals surface area contributed by atoms with Gasteiger partial charge < -0.3 is 20.4 Å². The van der Waals surface area contributed by atoms with Gasteiger partial charge in [-0.15, -0.1) is 0 Å². The van der Waals surface area contributed by atoms with Gasteiger partial charge in [0, 0.05) is 99.8 Å². The van der Waals surface area contributed by atoms with Crippen LogP contribution in [0.2, 0.25) is 0 Å². The molecule has 0 amide bonds. The molecule has 0 radical (unpaired) electrons. The SMILES string of the molecule is Cc1c[n+](CCCCCCCCCC[n+]2ccc(/C=C/c3ccc(N4CCNCC4)cc3)c(C)c2)ccc1/C=C/c1ccc(N2CCNCC2)cc1. The smallest absolute Gasteiger partial charge is 0.172 e. The van der Waals surface area contributed by atoms with E-state index in [0.29, 0.717) is 0 Å². The molecule has 4 heterocycles. The zero-order valence-electron chi connectivity index (χ0n) is 31.9. The van der Waals surface area contributed by atoms with E-state index in [1.807, 2.05) is 0 Å². The van der Waals surface area contributed by atoms with E-state index in [0.717, 1.165) is 65.4 Å².